The lowest BCUT2D eigenvalue weighted by Gasteiger charge is -2.68. The van der Waals surface area contributed by atoms with Crippen LogP contribution < -0.4 is 11.5 Å². The molecular weight excluding hydrogens is 548 g/mol. The van der Waals surface area contributed by atoms with E-state index in [-0.39, 0.29) is 23.9 Å². The minimum absolute atomic E-state index is 0.0184. The standard InChI is InChI=1S/C31H41N3O3.C6H7N/c1-19-26(35)11-8-23-17-27-31(37)13-12-25(33(3)28(36)16-21-6-9-24(32)10-7-21)20(2)30(31,29(19)23)14-15-34(27)18-22-4-5-22;7-6-4-2-1-3-5-6/h6-11,20,22,25,27,35,37H,4-5,12-18,32H2,1-3H3;1-5H,7H2. The van der Waals surface area contributed by atoms with Crippen molar-refractivity contribution in [3.63, 3.8) is 0 Å². The van der Waals surface area contributed by atoms with Gasteiger partial charge in [-0.3, -0.25) is 9.69 Å². The highest BCUT2D eigenvalue weighted by molar-refractivity contribution is 5.79. The van der Waals surface area contributed by atoms with E-state index in [1.807, 2.05) is 79.5 Å². The second-order valence-electron chi connectivity index (χ2n) is 13.8. The first-order chi connectivity index (χ1) is 21.0. The van der Waals surface area contributed by atoms with Crippen molar-refractivity contribution in [2.45, 2.75) is 81.9 Å². The van der Waals surface area contributed by atoms with Crippen LogP contribution in [0.4, 0.5) is 11.4 Å². The van der Waals surface area contributed by atoms with Crippen LogP contribution in [0.25, 0.3) is 0 Å². The number of nitrogen functional groups attached to an aromatic ring is 2. The van der Waals surface area contributed by atoms with Gasteiger partial charge in [-0.1, -0.05) is 43.3 Å². The van der Waals surface area contributed by atoms with Gasteiger partial charge in [0.1, 0.15) is 5.75 Å². The van der Waals surface area contributed by atoms with Crippen LogP contribution in [-0.4, -0.2) is 63.7 Å². The van der Waals surface area contributed by atoms with Crippen LogP contribution in [0, 0.1) is 18.8 Å². The molecule has 1 heterocycles. The topological polar surface area (TPSA) is 116 Å². The van der Waals surface area contributed by atoms with E-state index in [1.165, 1.54) is 18.4 Å². The molecule has 3 aliphatic carbocycles. The van der Waals surface area contributed by atoms with Crippen molar-refractivity contribution in [1.29, 1.82) is 0 Å². The van der Waals surface area contributed by atoms with Crippen LogP contribution >= 0.6 is 0 Å². The van der Waals surface area contributed by atoms with Crippen molar-refractivity contribution in [1.82, 2.24) is 9.80 Å². The van der Waals surface area contributed by atoms with Crippen LogP contribution in [-0.2, 0) is 23.1 Å². The van der Waals surface area contributed by atoms with E-state index < -0.39 is 11.0 Å². The molecule has 2 bridgehead atoms. The van der Waals surface area contributed by atoms with Gasteiger partial charge in [0.15, 0.2) is 0 Å². The molecule has 6 N–H and O–H groups in total. The summed E-state index contributed by atoms with van der Waals surface area (Å²) in [5, 5.41) is 23.5. The minimum atomic E-state index is -0.873. The summed E-state index contributed by atoms with van der Waals surface area (Å²) in [6.45, 7) is 6.28. The lowest BCUT2D eigenvalue weighted by Crippen LogP contribution is -2.77. The largest absolute Gasteiger partial charge is 0.508 e. The molecule has 0 radical (unpaired) electrons. The van der Waals surface area contributed by atoms with Gasteiger partial charge in [0, 0.05) is 42.5 Å². The zero-order chi connectivity index (χ0) is 31.2. The Hall–Kier alpha value is -3.55. The van der Waals surface area contributed by atoms with Gasteiger partial charge in [-0.15, -0.1) is 0 Å². The molecule has 3 fully saturated rings. The van der Waals surface area contributed by atoms with Gasteiger partial charge < -0.3 is 26.6 Å². The minimum Gasteiger partial charge on any atom is -0.508 e. The molecule has 7 heteroatoms. The molecule has 44 heavy (non-hydrogen) atoms. The summed E-state index contributed by atoms with van der Waals surface area (Å²) >= 11 is 0. The van der Waals surface area contributed by atoms with Crippen LogP contribution in [0.2, 0.25) is 0 Å². The molecule has 4 aliphatic rings. The van der Waals surface area contributed by atoms with Crippen LogP contribution in [0.3, 0.4) is 0 Å². The molecule has 3 aromatic carbocycles. The smallest absolute Gasteiger partial charge is 0.226 e. The number of amides is 1. The number of phenols is 1. The molecule has 0 spiro atoms. The average Bonchev–Trinajstić information content (AvgIpc) is 3.82. The first-order valence-corrected chi connectivity index (χ1v) is 16.2. The molecule has 234 valence electrons. The van der Waals surface area contributed by atoms with Crippen molar-refractivity contribution in [3.05, 3.63) is 89.0 Å². The lowest BCUT2D eigenvalue weighted by molar-refractivity contribution is -0.197. The van der Waals surface area contributed by atoms with E-state index in [0.29, 0.717) is 24.3 Å². The normalized spacial score (nSPS) is 29.0. The molecule has 3 aromatic rings. The predicted molar refractivity (Wildman–Crippen MR) is 176 cm³/mol. The molecule has 5 unspecified atom stereocenters. The summed E-state index contributed by atoms with van der Waals surface area (Å²) in [6.07, 6.45) is 6.07. The Kier molecular flexibility index (Phi) is 8.14. The SMILES string of the molecule is Cc1c(O)ccc2c1C13CCN(CC4CC4)C(C2)C1(O)CCC(N(C)C(=O)Cc1ccc(N)cc1)C3C.Nc1ccccc1. The molecule has 7 rings (SSSR count). The Balaban J connectivity index is 0.000000433. The van der Waals surface area contributed by atoms with Gasteiger partial charge in [-0.2, -0.15) is 0 Å². The number of carbonyl (C=O) groups excluding carboxylic acids is 1. The summed E-state index contributed by atoms with van der Waals surface area (Å²) in [5.74, 6) is 1.22. The number of aliphatic hydroxyl groups is 1. The summed E-state index contributed by atoms with van der Waals surface area (Å²) in [4.78, 5) is 18.0. The number of benzene rings is 3. The van der Waals surface area contributed by atoms with Gasteiger partial charge in [0.25, 0.3) is 0 Å². The van der Waals surface area contributed by atoms with Gasteiger partial charge in [0.2, 0.25) is 5.91 Å². The molecule has 7 nitrogen and oxygen atoms in total. The van der Waals surface area contributed by atoms with Crippen molar-refractivity contribution < 1.29 is 15.0 Å². The summed E-state index contributed by atoms with van der Waals surface area (Å²) in [6, 6.07) is 21.0. The highest BCUT2D eigenvalue weighted by Crippen LogP contribution is 2.62. The highest BCUT2D eigenvalue weighted by atomic mass is 16.3. The number of likely N-dealkylation sites (tertiary alicyclic amines) is 1. The van der Waals surface area contributed by atoms with Gasteiger partial charge in [-0.05, 0) is 116 Å². The van der Waals surface area contributed by atoms with E-state index in [4.69, 9.17) is 11.5 Å². The average molecular weight is 597 g/mol. The third-order valence-corrected chi connectivity index (χ3v) is 11.3. The Morgan fingerprint density at radius 2 is 1.66 bits per heavy atom. The van der Waals surface area contributed by atoms with E-state index in [9.17, 15) is 15.0 Å². The number of nitrogens with zero attached hydrogens (tertiary/aromatic N) is 2. The predicted octanol–water partition coefficient (Wildman–Crippen LogP) is 5.06. The zero-order valence-electron chi connectivity index (χ0n) is 26.4. The zero-order valence-corrected chi connectivity index (χ0v) is 26.4. The number of phenolic OH excluding ortho intramolecular Hbond substituents is 1. The first-order valence-electron chi connectivity index (χ1n) is 16.2. The van der Waals surface area contributed by atoms with Crippen molar-refractivity contribution in [3.8, 4) is 5.75 Å². The molecule has 1 aliphatic heterocycles. The van der Waals surface area contributed by atoms with Crippen molar-refractivity contribution in [2.24, 2.45) is 11.8 Å². The summed E-state index contributed by atoms with van der Waals surface area (Å²) < 4.78 is 0. The number of fused-ring (bicyclic) bond motifs is 1. The van der Waals surface area contributed by atoms with Crippen molar-refractivity contribution >= 4 is 17.3 Å². The van der Waals surface area contributed by atoms with E-state index in [0.717, 1.165) is 60.6 Å². The van der Waals surface area contributed by atoms with E-state index in [2.05, 4.69) is 17.9 Å². The molecule has 2 saturated carbocycles. The molecule has 1 amide bonds. The summed E-state index contributed by atoms with van der Waals surface area (Å²) in [7, 11) is 1.93. The third kappa shape index (κ3) is 5.24. The van der Waals surface area contributed by atoms with Gasteiger partial charge in [0.05, 0.1) is 12.0 Å². The van der Waals surface area contributed by atoms with Crippen LogP contribution in [0.1, 0.15) is 61.3 Å². The van der Waals surface area contributed by atoms with Gasteiger partial charge in [-0.25, -0.2) is 0 Å². The number of aromatic hydroxyl groups is 1. The Bertz CT molecular complexity index is 1490. The number of carbonyl (C=O) groups is 1. The number of anilines is 2. The second-order valence-corrected chi connectivity index (χ2v) is 13.8. The highest BCUT2D eigenvalue weighted by Gasteiger charge is 2.68. The third-order valence-electron chi connectivity index (χ3n) is 11.3. The lowest BCUT2D eigenvalue weighted by atomic mass is 9.44. The van der Waals surface area contributed by atoms with Crippen LogP contribution in [0.15, 0.2) is 66.7 Å². The fraction of sp³-hybridized carbons (Fsp3) is 0.486. The molecule has 0 aromatic heterocycles. The maximum absolute atomic E-state index is 13.5. The Labute approximate surface area is 261 Å². The number of para-hydroxylation sites is 1. The van der Waals surface area contributed by atoms with Gasteiger partial charge >= 0.3 is 0 Å². The quantitative estimate of drug-likeness (QED) is 0.306. The molecular formula is C37H48N4O3. The summed E-state index contributed by atoms with van der Waals surface area (Å²) in [5.41, 5.74) is 15.6. The van der Waals surface area contributed by atoms with Crippen LogP contribution in [0.5, 0.6) is 5.75 Å². The molecule has 1 saturated heterocycles. The maximum Gasteiger partial charge on any atom is 0.226 e. The maximum atomic E-state index is 13.5. The van der Waals surface area contributed by atoms with Crippen molar-refractivity contribution in [2.75, 3.05) is 31.6 Å². The fourth-order valence-corrected chi connectivity index (χ4v) is 8.83. The van der Waals surface area contributed by atoms with E-state index in [1.54, 1.807) is 0 Å². The number of hydrogen-bond acceptors (Lipinski definition) is 6. The second kappa shape index (κ2) is 11.8. The fourth-order valence-electron chi connectivity index (χ4n) is 8.83. The van der Waals surface area contributed by atoms with E-state index >= 15 is 0 Å². The number of nitrogens with two attached hydrogens (primary N) is 2. The monoisotopic (exact) mass is 596 g/mol. The Morgan fingerprint density at radius 1 is 0.977 bits per heavy atom. The Morgan fingerprint density at radius 3 is 2.30 bits per heavy atom. The number of likely N-dealkylation sites (N-methyl/N-ethyl adjacent to an activating group) is 1. The number of piperidine rings is 1. The first kappa shape index (κ1) is 30.5. The molecule has 5 atom stereocenters. The number of rotatable bonds is 5. The number of hydrogen-bond donors (Lipinski definition) is 4.